The van der Waals surface area contributed by atoms with E-state index >= 15 is 0 Å². The number of halogens is 1. The fourth-order valence-electron chi connectivity index (χ4n) is 5.18. The van der Waals surface area contributed by atoms with Crippen LogP contribution in [0.5, 0.6) is 0 Å². The van der Waals surface area contributed by atoms with Crippen LogP contribution in [0.2, 0.25) is 0 Å². The fraction of sp³-hybridized carbons (Fsp3) is 0.290. The minimum Gasteiger partial charge on any atom is -0.371 e. The average Bonchev–Trinajstić information content (AvgIpc) is 3.39. The minimum absolute atomic E-state index is 0. The first-order valence-corrected chi connectivity index (χ1v) is 13.0. The van der Waals surface area contributed by atoms with E-state index in [9.17, 15) is 4.79 Å². The molecule has 5 rings (SSSR count). The van der Waals surface area contributed by atoms with Crippen LogP contribution in [0.25, 0.3) is 0 Å². The highest BCUT2D eigenvalue weighted by Gasteiger charge is 2.29. The highest BCUT2D eigenvalue weighted by atomic mass is 35.5. The molecule has 38 heavy (non-hydrogen) atoms. The first-order valence-electron chi connectivity index (χ1n) is 13.0. The van der Waals surface area contributed by atoms with E-state index in [0.717, 1.165) is 38.0 Å². The van der Waals surface area contributed by atoms with Gasteiger partial charge in [0, 0.05) is 50.3 Å². The van der Waals surface area contributed by atoms with Crippen molar-refractivity contribution >= 4 is 24.0 Å². The second kappa shape index (κ2) is 13.0. The van der Waals surface area contributed by atoms with Crippen molar-refractivity contribution < 1.29 is 4.79 Å². The Bertz CT molecular complexity index is 1230. The molecule has 3 aromatic carbocycles. The predicted molar refractivity (Wildman–Crippen MR) is 153 cm³/mol. The van der Waals surface area contributed by atoms with Crippen LogP contribution in [0.4, 0.5) is 5.69 Å². The quantitative estimate of drug-likeness (QED) is 0.402. The van der Waals surface area contributed by atoms with Gasteiger partial charge in [0.15, 0.2) is 0 Å². The molecule has 1 saturated heterocycles. The SMILES string of the molecule is Cl.N#Cc1ccc(CN2C=CN(CC(=O)N(Cc3ccccc3)C3CCN(c4ccccc4)CC3)C2)cc1. The maximum Gasteiger partial charge on any atom is 0.242 e. The van der Waals surface area contributed by atoms with Crippen molar-refractivity contribution in [2.45, 2.75) is 32.0 Å². The Morgan fingerprint density at radius 1 is 0.842 bits per heavy atom. The van der Waals surface area contributed by atoms with E-state index in [2.05, 4.69) is 68.1 Å². The summed E-state index contributed by atoms with van der Waals surface area (Å²) in [6.07, 6.45) is 5.99. The maximum absolute atomic E-state index is 13.7. The Labute approximate surface area is 231 Å². The van der Waals surface area contributed by atoms with Crippen molar-refractivity contribution in [3.63, 3.8) is 0 Å². The third kappa shape index (κ3) is 6.87. The van der Waals surface area contributed by atoms with E-state index in [-0.39, 0.29) is 24.4 Å². The Morgan fingerprint density at radius 3 is 2.13 bits per heavy atom. The molecule has 0 spiro atoms. The summed E-state index contributed by atoms with van der Waals surface area (Å²) in [4.78, 5) is 22.5. The molecule has 6 nitrogen and oxygen atoms in total. The Hall–Kier alpha value is -3.95. The van der Waals surface area contributed by atoms with Crippen molar-refractivity contribution in [3.05, 3.63) is 114 Å². The molecule has 0 saturated carbocycles. The van der Waals surface area contributed by atoms with Gasteiger partial charge in [0.05, 0.1) is 24.8 Å². The van der Waals surface area contributed by atoms with Crippen molar-refractivity contribution in [1.82, 2.24) is 14.7 Å². The molecule has 196 valence electrons. The fourth-order valence-corrected chi connectivity index (χ4v) is 5.18. The third-order valence-corrected chi connectivity index (χ3v) is 7.20. The lowest BCUT2D eigenvalue weighted by molar-refractivity contribution is -0.135. The van der Waals surface area contributed by atoms with Gasteiger partial charge in [-0.15, -0.1) is 12.4 Å². The average molecular weight is 528 g/mol. The second-order valence-corrected chi connectivity index (χ2v) is 9.80. The number of amides is 1. The molecule has 0 bridgehead atoms. The zero-order chi connectivity index (χ0) is 25.5. The van der Waals surface area contributed by atoms with Gasteiger partial charge < -0.3 is 19.6 Å². The second-order valence-electron chi connectivity index (χ2n) is 9.80. The van der Waals surface area contributed by atoms with Crippen molar-refractivity contribution in [3.8, 4) is 6.07 Å². The largest absolute Gasteiger partial charge is 0.371 e. The van der Waals surface area contributed by atoms with Gasteiger partial charge in [0.1, 0.15) is 0 Å². The van der Waals surface area contributed by atoms with Gasteiger partial charge >= 0.3 is 0 Å². The molecule has 0 N–H and O–H groups in total. The molecule has 0 aromatic heterocycles. The van der Waals surface area contributed by atoms with E-state index < -0.39 is 0 Å². The topological polar surface area (TPSA) is 53.8 Å². The van der Waals surface area contributed by atoms with Crippen molar-refractivity contribution in [2.24, 2.45) is 0 Å². The summed E-state index contributed by atoms with van der Waals surface area (Å²) in [5.41, 5.74) is 4.24. The van der Waals surface area contributed by atoms with Crippen LogP contribution in [0.15, 0.2) is 97.3 Å². The number of rotatable bonds is 8. The molecule has 2 aliphatic rings. The summed E-state index contributed by atoms with van der Waals surface area (Å²) in [5, 5.41) is 9.01. The molecule has 0 unspecified atom stereocenters. The number of nitriles is 1. The van der Waals surface area contributed by atoms with Crippen molar-refractivity contribution in [2.75, 3.05) is 31.2 Å². The highest BCUT2D eigenvalue weighted by Crippen LogP contribution is 2.24. The van der Waals surface area contributed by atoms with E-state index in [0.29, 0.717) is 25.3 Å². The van der Waals surface area contributed by atoms with Gasteiger partial charge in [0.25, 0.3) is 0 Å². The number of carbonyl (C=O) groups is 1. The number of anilines is 1. The summed E-state index contributed by atoms with van der Waals surface area (Å²) >= 11 is 0. The molecule has 3 aromatic rings. The van der Waals surface area contributed by atoms with E-state index in [1.54, 1.807) is 0 Å². The van der Waals surface area contributed by atoms with Crippen LogP contribution >= 0.6 is 12.4 Å². The lowest BCUT2D eigenvalue weighted by atomic mass is 10.0. The molecular formula is C31H34ClN5O. The van der Waals surface area contributed by atoms with Gasteiger partial charge in [-0.1, -0.05) is 60.7 Å². The molecule has 1 amide bonds. The van der Waals surface area contributed by atoms with E-state index in [1.807, 2.05) is 54.9 Å². The normalized spacial score (nSPS) is 15.2. The number of piperidine rings is 1. The molecule has 0 atom stereocenters. The van der Waals surface area contributed by atoms with Crippen LogP contribution in [0, 0.1) is 11.3 Å². The summed E-state index contributed by atoms with van der Waals surface area (Å²) in [6, 6.07) is 30.9. The van der Waals surface area contributed by atoms with Crippen LogP contribution in [0.1, 0.15) is 29.5 Å². The van der Waals surface area contributed by atoms with Crippen molar-refractivity contribution in [1.29, 1.82) is 5.26 Å². The monoisotopic (exact) mass is 527 g/mol. The van der Waals surface area contributed by atoms with Crippen LogP contribution in [-0.2, 0) is 17.9 Å². The van der Waals surface area contributed by atoms with Gasteiger partial charge in [-0.2, -0.15) is 5.26 Å². The Morgan fingerprint density at radius 2 is 1.47 bits per heavy atom. The molecule has 2 heterocycles. The summed E-state index contributed by atoms with van der Waals surface area (Å²) < 4.78 is 0. The van der Waals surface area contributed by atoms with Crippen LogP contribution in [0.3, 0.4) is 0 Å². The lowest BCUT2D eigenvalue weighted by Crippen LogP contribution is -2.49. The molecule has 2 aliphatic heterocycles. The molecule has 0 aliphatic carbocycles. The number of nitrogens with zero attached hydrogens (tertiary/aromatic N) is 5. The predicted octanol–water partition coefficient (Wildman–Crippen LogP) is 5.22. The zero-order valence-corrected chi connectivity index (χ0v) is 22.3. The number of para-hydroxylation sites is 1. The number of hydrogen-bond acceptors (Lipinski definition) is 5. The molecular weight excluding hydrogens is 494 g/mol. The molecule has 0 radical (unpaired) electrons. The van der Waals surface area contributed by atoms with Crippen LogP contribution in [-0.4, -0.2) is 53.0 Å². The third-order valence-electron chi connectivity index (χ3n) is 7.20. The summed E-state index contributed by atoms with van der Waals surface area (Å²) in [6.45, 7) is 4.34. The van der Waals surface area contributed by atoms with Gasteiger partial charge in [-0.05, 0) is 48.2 Å². The van der Waals surface area contributed by atoms with Crippen LogP contribution < -0.4 is 4.90 Å². The first kappa shape index (κ1) is 27.1. The number of hydrogen-bond donors (Lipinski definition) is 0. The molecule has 1 fully saturated rings. The standard InChI is InChI=1S/C31H33N5O.ClH/c32-21-26-11-13-28(14-12-26)22-33-19-20-34(25-33)24-31(37)36(23-27-7-3-1-4-8-27)30-15-17-35(18-16-30)29-9-5-2-6-10-29;/h1-14,19-20,30H,15-18,22-25H2;1H. The summed E-state index contributed by atoms with van der Waals surface area (Å²) in [7, 11) is 0. The van der Waals surface area contributed by atoms with Gasteiger partial charge in [0.2, 0.25) is 5.91 Å². The first-order chi connectivity index (χ1) is 18.2. The van der Waals surface area contributed by atoms with Gasteiger partial charge in [-0.3, -0.25) is 4.79 Å². The van der Waals surface area contributed by atoms with E-state index in [1.165, 1.54) is 11.3 Å². The summed E-state index contributed by atoms with van der Waals surface area (Å²) in [5.74, 6) is 0.173. The zero-order valence-electron chi connectivity index (χ0n) is 21.5. The van der Waals surface area contributed by atoms with E-state index in [4.69, 9.17) is 5.26 Å². The lowest BCUT2D eigenvalue weighted by Gasteiger charge is -2.40. The number of benzene rings is 3. The van der Waals surface area contributed by atoms with Gasteiger partial charge in [-0.25, -0.2) is 0 Å². The minimum atomic E-state index is 0. The number of carbonyl (C=O) groups excluding carboxylic acids is 1. The smallest absolute Gasteiger partial charge is 0.242 e. The highest BCUT2D eigenvalue weighted by molar-refractivity contribution is 5.85. The maximum atomic E-state index is 13.7. The molecule has 7 heteroatoms. The Kier molecular flexibility index (Phi) is 9.29. The Balaban J connectivity index is 0.00000336.